The summed E-state index contributed by atoms with van der Waals surface area (Å²) in [5, 5.41) is 8.51. The first-order valence-corrected chi connectivity index (χ1v) is 5.11. The summed E-state index contributed by atoms with van der Waals surface area (Å²) in [7, 11) is 0. The highest BCUT2D eigenvalue weighted by Crippen LogP contribution is 2.16. The zero-order chi connectivity index (χ0) is 11.7. The molecule has 0 unspecified atom stereocenters. The summed E-state index contributed by atoms with van der Waals surface area (Å²) in [5.74, 6) is -0.677. The van der Waals surface area contributed by atoms with Gasteiger partial charge in [-0.1, -0.05) is 0 Å². The summed E-state index contributed by atoms with van der Waals surface area (Å²) in [6, 6.07) is 1.50. The Kier molecular flexibility index (Phi) is 2.66. The van der Waals surface area contributed by atoms with Gasteiger partial charge >= 0.3 is 0 Å². The van der Waals surface area contributed by atoms with Crippen LogP contribution >= 0.6 is 0 Å². The van der Waals surface area contributed by atoms with E-state index in [1.165, 1.54) is 6.07 Å². The Hall–Kier alpha value is -1.82. The predicted octanol–water partition coefficient (Wildman–Crippen LogP) is 0.0828. The van der Waals surface area contributed by atoms with Gasteiger partial charge in [0.1, 0.15) is 5.69 Å². The first-order chi connectivity index (χ1) is 7.67. The summed E-state index contributed by atoms with van der Waals surface area (Å²) < 4.78 is 1.74. The predicted molar refractivity (Wildman–Crippen MR) is 55.3 cm³/mol. The molecule has 0 radical (unpaired) electrons. The van der Waals surface area contributed by atoms with E-state index in [1.807, 2.05) is 6.92 Å². The Balaban J connectivity index is 2.35. The van der Waals surface area contributed by atoms with E-state index in [0.717, 1.165) is 0 Å². The molecule has 0 aliphatic carbocycles. The smallest absolute Gasteiger partial charge is 0.276 e. The maximum atomic E-state index is 11.9. The number of fused-ring (bicyclic) bond motifs is 1. The molecule has 2 N–H and O–H groups in total. The molecule has 0 fully saturated rings. The van der Waals surface area contributed by atoms with E-state index >= 15 is 0 Å². The van der Waals surface area contributed by atoms with Crippen molar-refractivity contribution < 1.29 is 14.8 Å². The van der Waals surface area contributed by atoms with E-state index < -0.39 is 5.91 Å². The van der Waals surface area contributed by atoms with Gasteiger partial charge in [0.2, 0.25) is 0 Å². The molecule has 86 valence electrons. The van der Waals surface area contributed by atoms with Crippen molar-refractivity contribution in [2.45, 2.75) is 13.5 Å². The SMILES string of the molecule is CCN1CCn2cc(C(=O)NO)cc2C1=O. The molecule has 2 amide bonds. The number of hydrogen-bond donors (Lipinski definition) is 2. The van der Waals surface area contributed by atoms with Crippen LogP contribution < -0.4 is 5.48 Å². The molecule has 2 heterocycles. The van der Waals surface area contributed by atoms with Crippen LogP contribution in [0.1, 0.15) is 27.8 Å². The Bertz CT molecular complexity index is 439. The summed E-state index contributed by atoms with van der Waals surface area (Å²) in [6.07, 6.45) is 1.58. The van der Waals surface area contributed by atoms with Gasteiger partial charge in [0.05, 0.1) is 5.56 Å². The molecule has 0 spiro atoms. The van der Waals surface area contributed by atoms with E-state index in [2.05, 4.69) is 0 Å². The zero-order valence-electron chi connectivity index (χ0n) is 8.93. The molecule has 0 saturated carbocycles. The van der Waals surface area contributed by atoms with Crippen LogP contribution in [0.25, 0.3) is 0 Å². The molecule has 6 heteroatoms. The second-order valence-electron chi connectivity index (χ2n) is 3.63. The van der Waals surface area contributed by atoms with Gasteiger partial charge in [0.25, 0.3) is 11.8 Å². The molecule has 0 bridgehead atoms. The van der Waals surface area contributed by atoms with Crippen LogP contribution in [0.15, 0.2) is 12.3 Å². The van der Waals surface area contributed by atoms with Gasteiger partial charge in [-0.05, 0) is 13.0 Å². The maximum absolute atomic E-state index is 11.9. The van der Waals surface area contributed by atoms with Gasteiger partial charge in [-0.2, -0.15) is 0 Å². The van der Waals surface area contributed by atoms with Gasteiger partial charge < -0.3 is 9.47 Å². The lowest BCUT2D eigenvalue weighted by Crippen LogP contribution is -2.39. The molecule has 16 heavy (non-hydrogen) atoms. The van der Waals surface area contributed by atoms with E-state index in [-0.39, 0.29) is 5.91 Å². The van der Waals surface area contributed by atoms with Gasteiger partial charge in [0.15, 0.2) is 0 Å². The molecule has 0 saturated heterocycles. The first kappa shape index (κ1) is 10.7. The highest BCUT2D eigenvalue weighted by atomic mass is 16.5. The lowest BCUT2D eigenvalue weighted by Gasteiger charge is -2.26. The largest absolute Gasteiger partial charge is 0.341 e. The van der Waals surface area contributed by atoms with Gasteiger partial charge in [-0.15, -0.1) is 0 Å². The molecule has 0 atom stereocenters. The molecule has 1 aliphatic heterocycles. The van der Waals surface area contributed by atoms with Gasteiger partial charge in [0, 0.05) is 25.8 Å². The van der Waals surface area contributed by atoms with Crippen molar-refractivity contribution in [3.63, 3.8) is 0 Å². The molecular formula is C10H13N3O3. The molecule has 1 aliphatic rings. The lowest BCUT2D eigenvalue weighted by atomic mass is 10.2. The average Bonchev–Trinajstić information content (AvgIpc) is 2.73. The van der Waals surface area contributed by atoms with Crippen molar-refractivity contribution in [1.29, 1.82) is 0 Å². The molecule has 0 aromatic carbocycles. The monoisotopic (exact) mass is 223 g/mol. The van der Waals surface area contributed by atoms with Crippen LogP contribution in [0.4, 0.5) is 0 Å². The Morgan fingerprint density at radius 2 is 2.31 bits per heavy atom. The topological polar surface area (TPSA) is 74.6 Å². The van der Waals surface area contributed by atoms with Gasteiger partial charge in [-0.3, -0.25) is 14.8 Å². The van der Waals surface area contributed by atoms with Crippen molar-refractivity contribution in [2.24, 2.45) is 0 Å². The van der Waals surface area contributed by atoms with Gasteiger partial charge in [-0.25, -0.2) is 5.48 Å². The van der Waals surface area contributed by atoms with E-state index in [1.54, 1.807) is 21.1 Å². The third-order valence-corrected chi connectivity index (χ3v) is 2.76. The van der Waals surface area contributed by atoms with Crippen molar-refractivity contribution in [3.8, 4) is 0 Å². The number of nitrogens with zero attached hydrogens (tertiary/aromatic N) is 2. The number of nitrogens with one attached hydrogen (secondary N) is 1. The summed E-state index contributed by atoms with van der Waals surface area (Å²) >= 11 is 0. The number of rotatable bonds is 2. The third-order valence-electron chi connectivity index (χ3n) is 2.76. The fourth-order valence-corrected chi connectivity index (χ4v) is 1.86. The Morgan fingerprint density at radius 3 is 2.94 bits per heavy atom. The normalized spacial score (nSPS) is 14.9. The minimum Gasteiger partial charge on any atom is -0.341 e. The number of likely N-dealkylation sites (N-methyl/N-ethyl adjacent to an activating group) is 1. The molecule has 1 aromatic rings. The molecule has 1 aromatic heterocycles. The van der Waals surface area contributed by atoms with Crippen molar-refractivity contribution in [3.05, 3.63) is 23.5 Å². The third kappa shape index (κ3) is 1.57. The number of hydroxylamine groups is 1. The molecule has 6 nitrogen and oxygen atoms in total. The van der Waals surface area contributed by atoms with Crippen LogP contribution in [-0.2, 0) is 6.54 Å². The minimum atomic E-state index is -0.599. The van der Waals surface area contributed by atoms with E-state index in [9.17, 15) is 9.59 Å². The van der Waals surface area contributed by atoms with Crippen LogP contribution in [0.2, 0.25) is 0 Å². The lowest BCUT2D eigenvalue weighted by molar-refractivity contribution is 0.0704. The number of carbonyl (C=O) groups excluding carboxylic acids is 2. The fraction of sp³-hybridized carbons (Fsp3) is 0.400. The van der Waals surface area contributed by atoms with Crippen molar-refractivity contribution in [1.82, 2.24) is 14.9 Å². The Morgan fingerprint density at radius 1 is 1.56 bits per heavy atom. The zero-order valence-corrected chi connectivity index (χ0v) is 8.93. The maximum Gasteiger partial charge on any atom is 0.276 e. The number of carbonyl (C=O) groups is 2. The summed E-state index contributed by atoms with van der Waals surface area (Å²) in [4.78, 5) is 24.8. The van der Waals surface area contributed by atoms with Crippen molar-refractivity contribution >= 4 is 11.8 Å². The Labute approximate surface area is 92.4 Å². The molecule has 2 rings (SSSR count). The number of amides is 2. The van der Waals surface area contributed by atoms with Crippen LogP contribution in [0.5, 0.6) is 0 Å². The van der Waals surface area contributed by atoms with E-state index in [0.29, 0.717) is 30.9 Å². The number of hydrogen-bond acceptors (Lipinski definition) is 3. The minimum absolute atomic E-state index is 0.0780. The van der Waals surface area contributed by atoms with Crippen molar-refractivity contribution in [2.75, 3.05) is 13.1 Å². The fourth-order valence-electron chi connectivity index (χ4n) is 1.86. The second kappa shape index (κ2) is 3.97. The van der Waals surface area contributed by atoms with Crippen LogP contribution in [-0.4, -0.2) is 39.6 Å². The molecular weight excluding hydrogens is 210 g/mol. The quantitative estimate of drug-likeness (QED) is 0.551. The summed E-state index contributed by atoms with van der Waals surface area (Å²) in [5.41, 5.74) is 2.34. The van der Waals surface area contributed by atoms with E-state index in [4.69, 9.17) is 5.21 Å². The highest BCUT2D eigenvalue weighted by molar-refractivity contribution is 5.99. The highest BCUT2D eigenvalue weighted by Gasteiger charge is 2.25. The first-order valence-electron chi connectivity index (χ1n) is 5.11. The number of aromatic nitrogens is 1. The average molecular weight is 223 g/mol. The van der Waals surface area contributed by atoms with Crippen LogP contribution in [0.3, 0.4) is 0 Å². The van der Waals surface area contributed by atoms with Crippen LogP contribution in [0, 0.1) is 0 Å². The summed E-state index contributed by atoms with van der Waals surface area (Å²) in [6.45, 7) is 3.90. The standard InChI is InChI=1S/C10H13N3O3/c1-2-12-3-4-13-6-7(9(14)11-16)5-8(13)10(12)15/h5-6,16H,2-4H2,1H3,(H,11,14). The second-order valence-corrected chi connectivity index (χ2v) is 3.63.